The lowest BCUT2D eigenvalue weighted by Crippen LogP contribution is -2.32. The SMILES string of the molecule is CC(C)CCC(=O)C(Cc1ccccc1)C(N)=O. The minimum Gasteiger partial charge on any atom is -0.369 e. The van der Waals surface area contributed by atoms with Gasteiger partial charge in [-0.2, -0.15) is 0 Å². The van der Waals surface area contributed by atoms with Gasteiger partial charge in [0.15, 0.2) is 0 Å². The molecule has 1 atom stereocenters. The topological polar surface area (TPSA) is 60.2 Å². The molecule has 18 heavy (non-hydrogen) atoms. The number of nitrogens with two attached hydrogens (primary N) is 1. The number of hydrogen-bond acceptors (Lipinski definition) is 2. The Labute approximate surface area is 108 Å². The molecule has 0 bridgehead atoms. The number of carbonyl (C=O) groups is 2. The van der Waals surface area contributed by atoms with E-state index in [0.29, 0.717) is 18.8 Å². The van der Waals surface area contributed by atoms with Crippen LogP contribution in [-0.4, -0.2) is 11.7 Å². The molecule has 0 fully saturated rings. The lowest BCUT2D eigenvalue weighted by atomic mass is 9.91. The highest BCUT2D eigenvalue weighted by Crippen LogP contribution is 2.14. The fraction of sp³-hybridized carbons (Fsp3) is 0.467. The van der Waals surface area contributed by atoms with E-state index in [1.807, 2.05) is 30.3 Å². The maximum atomic E-state index is 12.0. The van der Waals surface area contributed by atoms with Crippen molar-refractivity contribution in [3.05, 3.63) is 35.9 Å². The van der Waals surface area contributed by atoms with Crippen LogP contribution in [0.15, 0.2) is 30.3 Å². The summed E-state index contributed by atoms with van der Waals surface area (Å²) in [6.45, 7) is 4.12. The molecule has 3 heteroatoms. The van der Waals surface area contributed by atoms with Crippen LogP contribution in [0.3, 0.4) is 0 Å². The molecule has 1 amide bonds. The minimum atomic E-state index is -0.689. The first kappa shape index (κ1) is 14.4. The molecule has 1 aromatic carbocycles. The number of hydrogen-bond donors (Lipinski definition) is 1. The van der Waals surface area contributed by atoms with Gasteiger partial charge in [0.05, 0.1) is 0 Å². The Hall–Kier alpha value is -1.64. The van der Waals surface area contributed by atoms with Crippen molar-refractivity contribution in [1.29, 1.82) is 0 Å². The van der Waals surface area contributed by atoms with Gasteiger partial charge in [0.2, 0.25) is 5.91 Å². The quantitative estimate of drug-likeness (QED) is 0.752. The number of carbonyl (C=O) groups excluding carboxylic acids is 2. The minimum absolute atomic E-state index is 0.0416. The molecule has 0 aliphatic carbocycles. The van der Waals surface area contributed by atoms with Crippen LogP contribution in [0.1, 0.15) is 32.3 Å². The molecule has 0 aliphatic rings. The third-order valence-electron chi connectivity index (χ3n) is 2.98. The monoisotopic (exact) mass is 247 g/mol. The van der Waals surface area contributed by atoms with Crippen LogP contribution < -0.4 is 5.73 Å². The summed E-state index contributed by atoms with van der Waals surface area (Å²) in [5.41, 5.74) is 6.30. The van der Waals surface area contributed by atoms with Gasteiger partial charge in [0.25, 0.3) is 0 Å². The number of Topliss-reactive ketones (excluding diaryl/α,β-unsaturated/α-hetero) is 1. The number of ketones is 1. The molecule has 0 radical (unpaired) electrons. The second-order valence-electron chi connectivity index (χ2n) is 5.04. The van der Waals surface area contributed by atoms with E-state index in [9.17, 15) is 9.59 Å². The Morgan fingerprint density at radius 2 is 1.78 bits per heavy atom. The molecular weight excluding hydrogens is 226 g/mol. The van der Waals surface area contributed by atoms with Crippen molar-refractivity contribution in [2.45, 2.75) is 33.1 Å². The van der Waals surface area contributed by atoms with Crippen molar-refractivity contribution in [3.8, 4) is 0 Å². The van der Waals surface area contributed by atoms with Crippen LogP contribution in [0.5, 0.6) is 0 Å². The molecule has 0 aliphatic heterocycles. The summed E-state index contributed by atoms with van der Waals surface area (Å²) < 4.78 is 0. The fourth-order valence-corrected chi connectivity index (χ4v) is 1.83. The molecule has 1 aromatic rings. The van der Waals surface area contributed by atoms with Gasteiger partial charge >= 0.3 is 0 Å². The van der Waals surface area contributed by atoms with Crippen LogP contribution >= 0.6 is 0 Å². The van der Waals surface area contributed by atoms with Gasteiger partial charge in [0, 0.05) is 6.42 Å². The summed E-state index contributed by atoms with van der Waals surface area (Å²) in [5.74, 6) is -0.794. The van der Waals surface area contributed by atoms with E-state index >= 15 is 0 Å². The summed E-state index contributed by atoms with van der Waals surface area (Å²) in [7, 11) is 0. The van der Waals surface area contributed by atoms with E-state index in [4.69, 9.17) is 5.73 Å². The van der Waals surface area contributed by atoms with E-state index in [-0.39, 0.29) is 5.78 Å². The second-order valence-corrected chi connectivity index (χ2v) is 5.04. The maximum absolute atomic E-state index is 12.0. The van der Waals surface area contributed by atoms with E-state index < -0.39 is 11.8 Å². The second kappa shape index (κ2) is 6.94. The van der Waals surface area contributed by atoms with E-state index in [1.165, 1.54) is 0 Å². The Balaban J connectivity index is 2.65. The zero-order valence-electron chi connectivity index (χ0n) is 11.1. The number of benzene rings is 1. The first-order valence-electron chi connectivity index (χ1n) is 6.36. The lowest BCUT2D eigenvalue weighted by Gasteiger charge is -2.13. The number of amides is 1. The van der Waals surface area contributed by atoms with Gasteiger partial charge in [-0.1, -0.05) is 44.2 Å². The maximum Gasteiger partial charge on any atom is 0.228 e. The average Bonchev–Trinajstić information content (AvgIpc) is 2.34. The Bertz CT molecular complexity index is 398. The van der Waals surface area contributed by atoms with Crippen molar-refractivity contribution in [3.63, 3.8) is 0 Å². The highest BCUT2D eigenvalue weighted by atomic mass is 16.2. The van der Waals surface area contributed by atoms with Crippen molar-refractivity contribution in [1.82, 2.24) is 0 Å². The van der Waals surface area contributed by atoms with Gasteiger partial charge in [0.1, 0.15) is 11.7 Å². The zero-order chi connectivity index (χ0) is 13.5. The molecule has 0 saturated heterocycles. The molecular formula is C15H21NO2. The standard InChI is InChI=1S/C15H21NO2/c1-11(2)8-9-14(17)13(15(16)18)10-12-6-4-3-5-7-12/h3-7,11,13H,8-10H2,1-2H3,(H2,16,18). The summed E-state index contributed by atoms with van der Waals surface area (Å²) in [6.07, 6.45) is 1.64. The fourth-order valence-electron chi connectivity index (χ4n) is 1.83. The highest BCUT2D eigenvalue weighted by Gasteiger charge is 2.24. The third kappa shape index (κ3) is 4.70. The van der Waals surface area contributed by atoms with Crippen molar-refractivity contribution in [2.75, 3.05) is 0 Å². The zero-order valence-corrected chi connectivity index (χ0v) is 11.1. The van der Waals surface area contributed by atoms with Gasteiger partial charge in [-0.05, 0) is 24.3 Å². The van der Waals surface area contributed by atoms with Gasteiger partial charge in [-0.15, -0.1) is 0 Å². The van der Waals surface area contributed by atoms with Crippen molar-refractivity contribution in [2.24, 2.45) is 17.6 Å². The normalized spacial score (nSPS) is 12.4. The largest absolute Gasteiger partial charge is 0.369 e. The number of primary amides is 1. The number of rotatable bonds is 7. The van der Waals surface area contributed by atoms with E-state index in [0.717, 1.165) is 12.0 Å². The Morgan fingerprint density at radius 1 is 1.17 bits per heavy atom. The molecule has 0 heterocycles. The Morgan fingerprint density at radius 3 is 2.28 bits per heavy atom. The van der Waals surface area contributed by atoms with Gasteiger partial charge < -0.3 is 5.73 Å². The molecule has 0 aromatic heterocycles. The van der Waals surface area contributed by atoms with Crippen LogP contribution in [0.4, 0.5) is 0 Å². The molecule has 3 nitrogen and oxygen atoms in total. The van der Waals surface area contributed by atoms with Crippen molar-refractivity contribution >= 4 is 11.7 Å². The molecule has 1 unspecified atom stereocenters. The van der Waals surface area contributed by atoms with Crippen LogP contribution in [0, 0.1) is 11.8 Å². The summed E-state index contributed by atoms with van der Waals surface area (Å²) in [5, 5.41) is 0. The summed E-state index contributed by atoms with van der Waals surface area (Å²) >= 11 is 0. The average molecular weight is 247 g/mol. The Kier molecular flexibility index (Phi) is 5.56. The molecule has 1 rings (SSSR count). The summed E-state index contributed by atoms with van der Waals surface area (Å²) in [4.78, 5) is 23.4. The predicted molar refractivity (Wildman–Crippen MR) is 71.9 cm³/mol. The molecule has 0 saturated carbocycles. The van der Waals surface area contributed by atoms with E-state index in [1.54, 1.807) is 0 Å². The van der Waals surface area contributed by atoms with Gasteiger partial charge in [-0.25, -0.2) is 0 Å². The van der Waals surface area contributed by atoms with Crippen LogP contribution in [0.2, 0.25) is 0 Å². The molecule has 2 N–H and O–H groups in total. The molecule has 98 valence electrons. The first-order chi connectivity index (χ1) is 8.50. The first-order valence-corrected chi connectivity index (χ1v) is 6.36. The third-order valence-corrected chi connectivity index (χ3v) is 2.98. The highest BCUT2D eigenvalue weighted by molar-refractivity contribution is 6.00. The van der Waals surface area contributed by atoms with Gasteiger partial charge in [-0.3, -0.25) is 9.59 Å². The predicted octanol–water partition coefficient (Wildman–Crippen LogP) is 2.34. The summed E-state index contributed by atoms with van der Waals surface area (Å²) in [6, 6.07) is 9.51. The van der Waals surface area contributed by atoms with Crippen LogP contribution in [0.25, 0.3) is 0 Å². The van der Waals surface area contributed by atoms with E-state index in [2.05, 4.69) is 13.8 Å². The molecule has 0 spiro atoms. The van der Waals surface area contributed by atoms with Crippen LogP contribution in [-0.2, 0) is 16.0 Å². The lowest BCUT2D eigenvalue weighted by molar-refractivity contribution is -0.132. The smallest absolute Gasteiger partial charge is 0.228 e. The van der Waals surface area contributed by atoms with Crippen molar-refractivity contribution < 1.29 is 9.59 Å².